The Hall–Kier alpha value is -3.16. The van der Waals surface area contributed by atoms with Crippen LogP contribution in [0.15, 0.2) is 41.8 Å². The molecule has 0 fully saturated rings. The van der Waals surface area contributed by atoms with Gasteiger partial charge in [0.1, 0.15) is 12.1 Å². The van der Waals surface area contributed by atoms with E-state index < -0.39 is 0 Å². The average molecular weight is 324 g/mol. The van der Waals surface area contributed by atoms with Gasteiger partial charge in [0.05, 0.1) is 18.1 Å². The van der Waals surface area contributed by atoms with Gasteiger partial charge in [-0.3, -0.25) is 9.67 Å². The fourth-order valence-corrected chi connectivity index (χ4v) is 2.36. The number of aliphatic imine (C=N–C) groups is 1. The lowest BCUT2D eigenvalue weighted by atomic mass is 10.2. The molecule has 0 radical (unpaired) electrons. The normalized spacial score (nSPS) is 11.7. The Morgan fingerprint density at radius 1 is 1.33 bits per heavy atom. The second kappa shape index (κ2) is 6.95. The van der Waals surface area contributed by atoms with Crippen molar-refractivity contribution in [2.45, 2.75) is 6.92 Å². The minimum atomic E-state index is 0.386. The molecule has 0 unspecified atom stereocenters. The van der Waals surface area contributed by atoms with Crippen molar-refractivity contribution in [2.24, 2.45) is 17.8 Å². The van der Waals surface area contributed by atoms with Crippen LogP contribution in [-0.2, 0) is 7.05 Å². The van der Waals surface area contributed by atoms with Crippen LogP contribution < -0.4 is 16.4 Å². The van der Waals surface area contributed by atoms with E-state index in [-0.39, 0.29) is 0 Å². The fraction of sp³-hybridized carbons (Fsp3) is 0.250. The lowest BCUT2D eigenvalue weighted by Gasteiger charge is -2.07. The summed E-state index contributed by atoms with van der Waals surface area (Å²) in [6.45, 7) is 3.16. The summed E-state index contributed by atoms with van der Waals surface area (Å²) in [6, 6.07) is 7.97. The van der Waals surface area contributed by atoms with Crippen molar-refractivity contribution in [1.82, 2.24) is 19.7 Å². The number of benzene rings is 1. The maximum Gasteiger partial charge on any atom is 0.193 e. The number of rotatable bonds is 5. The Labute approximate surface area is 139 Å². The van der Waals surface area contributed by atoms with Crippen molar-refractivity contribution in [3.05, 3.63) is 42.4 Å². The molecule has 2 heterocycles. The molecule has 4 N–H and O–H groups in total. The van der Waals surface area contributed by atoms with E-state index in [1.807, 2.05) is 38.2 Å². The summed E-state index contributed by atoms with van der Waals surface area (Å²) in [6.07, 6.45) is 3.26. The summed E-state index contributed by atoms with van der Waals surface area (Å²) >= 11 is 0. The molecule has 0 saturated heterocycles. The molecule has 24 heavy (non-hydrogen) atoms. The summed E-state index contributed by atoms with van der Waals surface area (Å²) in [5.74, 6) is 1.13. The van der Waals surface area contributed by atoms with Gasteiger partial charge in [0.2, 0.25) is 0 Å². The van der Waals surface area contributed by atoms with Crippen LogP contribution in [-0.4, -0.2) is 38.8 Å². The number of nitrogens with two attached hydrogens (primary N) is 1. The largest absolute Gasteiger partial charge is 0.370 e. The highest BCUT2D eigenvalue weighted by molar-refractivity contribution is 5.92. The highest BCUT2D eigenvalue weighted by atomic mass is 15.3. The van der Waals surface area contributed by atoms with Crippen LogP contribution in [0.25, 0.3) is 11.0 Å². The van der Waals surface area contributed by atoms with Crippen molar-refractivity contribution >= 4 is 28.5 Å². The highest BCUT2D eigenvalue weighted by Gasteiger charge is 2.06. The molecular weight excluding hydrogens is 304 g/mol. The summed E-state index contributed by atoms with van der Waals surface area (Å²) in [5.41, 5.74) is 8.78. The Morgan fingerprint density at radius 2 is 2.21 bits per heavy atom. The quantitative estimate of drug-likeness (QED) is 0.373. The zero-order valence-corrected chi connectivity index (χ0v) is 13.7. The van der Waals surface area contributed by atoms with Crippen LogP contribution in [0.2, 0.25) is 0 Å². The molecule has 1 aromatic carbocycles. The molecule has 0 spiro atoms. The van der Waals surface area contributed by atoms with Crippen molar-refractivity contribution in [3.63, 3.8) is 0 Å². The molecule has 3 rings (SSSR count). The monoisotopic (exact) mass is 324 g/mol. The number of hydrogen-bond acceptors (Lipinski definition) is 5. The van der Waals surface area contributed by atoms with E-state index in [4.69, 9.17) is 5.73 Å². The zero-order valence-electron chi connectivity index (χ0n) is 13.7. The van der Waals surface area contributed by atoms with E-state index in [1.54, 1.807) is 10.9 Å². The number of guanidine groups is 1. The summed E-state index contributed by atoms with van der Waals surface area (Å²) in [5, 5.41) is 11.4. The van der Waals surface area contributed by atoms with Gasteiger partial charge in [-0.25, -0.2) is 9.97 Å². The Bertz CT molecular complexity index is 867. The topological polar surface area (TPSA) is 106 Å². The molecule has 0 aliphatic heterocycles. The Kier molecular flexibility index (Phi) is 4.55. The van der Waals surface area contributed by atoms with Crippen molar-refractivity contribution < 1.29 is 0 Å². The van der Waals surface area contributed by atoms with Gasteiger partial charge in [-0.05, 0) is 24.6 Å². The number of nitrogens with zero attached hydrogens (tertiary/aromatic N) is 5. The summed E-state index contributed by atoms with van der Waals surface area (Å²) in [7, 11) is 1.85. The predicted octanol–water partition coefficient (Wildman–Crippen LogP) is 1.51. The first-order valence-electron chi connectivity index (χ1n) is 7.63. The van der Waals surface area contributed by atoms with Gasteiger partial charge < -0.3 is 16.4 Å². The number of aryl methyl sites for hydroxylation is 2. The molecule has 124 valence electrons. The first-order chi connectivity index (χ1) is 11.6. The Balaban J connectivity index is 1.56. The molecular formula is C16H20N8. The number of nitrogens with one attached hydrogen (secondary N) is 2. The van der Waals surface area contributed by atoms with Gasteiger partial charge in [-0.2, -0.15) is 5.10 Å². The molecule has 0 amide bonds. The first-order valence-corrected chi connectivity index (χ1v) is 7.63. The third-order valence-electron chi connectivity index (χ3n) is 3.51. The molecule has 0 saturated carbocycles. The molecule has 8 heteroatoms. The average Bonchev–Trinajstić information content (AvgIpc) is 2.94. The van der Waals surface area contributed by atoms with E-state index >= 15 is 0 Å². The van der Waals surface area contributed by atoms with Crippen LogP contribution >= 0.6 is 0 Å². The van der Waals surface area contributed by atoms with E-state index in [0.29, 0.717) is 19.0 Å². The van der Waals surface area contributed by atoms with Gasteiger partial charge in [0, 0.05) is 19.3 Å². The lowest BCUT2D eigenvalue weighted by Crippen LogP contribution is -2.23. The molecule has 0 atom stereocenters. The summed E-state index contributed by atoms with van der Waals surface area (Å²) < 4.78 is 1.71. The minimum Gasteiger partial charge on any atom is -0.370 e. The Morgan fingerprint density at radius 3 is 3.04 bits per heavy atom. The highest BCUT2D eigenvalue weighted by Crippen LogP contribution is 2.17. The van der Waals surface area contributed by atoms with Crippen LogP contribution in [0.4, 0.5) is 11.5 Å². The van der Waals surface area contributed by atoms with Gasteiger partial charge in [0.25, 0.3) is 0 Å². The maximum atomic E-state index is 5.90. The third kappa shape index (κ3) is 3.60. The molecule has 8 nitrogen and oxygen atoms in total. The fourth-order valence-electron chi connectivity index (χ4n) is 2.36. The van der Waals surface area contributed by atoms with Crippen LogP contribution in [0.3, 0.4) is 0 Å². The number of aromatic nitrogens is 4. The van der Waals surface area contributed by atoms with E-state index in [1.165, 1.54) is 11.9 Å². The number of anilines is 2. The van der Waals surface area contributed by atoms with E-state index in [9.17, 15) is 0 Å². The lowest BCUT2D eigenvalue weighted by molar-refractivity contribution is 0.785. The van der Waals surface area contributed by atoms with Crippen LogP contribution in [0, 0.1) is 6.92 Å². The zero-order chi connectivity index (χ0) is 16.9. The standard InChI is InChI=1S/C16H20N8/c1-11-4-3-5-12(8-11)23-16(17)19-7-6-18-14-13-9-22-24(2)15(13)21-10-20-14/h3-5,8-10H,6-7H2,1-2H3,(H3,17,19,23)(H,18,20,21). The van der Waals surface area contributed by atoms with Gasteiger partial charge in [-0.15, -0.1) is 0 Å². The van der Waals surface area contributed by atoms with Crippen molar-refractivity contribution in [3.8, 4) is 0 Å². The molecule has 0 aliphatic carbocycles. The molecule has 3 aromatic rings. The SMILES string of the molecule is Cc1cccc(NC(N)=NCCNc2ncnc3c2cnn3C)c1. The summed E-state index contributed by atoms with van der Waals surface area (Å²) in [4.78, 5) is 12.8. The second-order valence-corrected chi connectivity index (χ2v) is 5.42. The number of hydrogen-bond donors (Lipinski definition) is 3. The van der Waals surface area contributed by atoms with Gasteiger partial charge in [-0.1, -0.05) is 12.1 Å². The van der Waals surface area contributed by atoms with E-state index in [2.05, 4.69) is 30.7 Å². The molecule has 0 aliphatic rings. The van der Waals surface area contributed by atoms with Crippen molar-refractivity contribution in [1.29, 1.82) is 0 Å². The molecule has 2 aromatic heterocycles. The predicted molar refractivity (Wildman–Crippen MR) is 96.1 cm³/mol. The van der Waals surface area contributed by atoms with Crippen LogP contribution in [0.1, 0.15) is 5.56 Å². The number of fused-ring (bicyclic) bond motifs is 1. The third-order valence-corrected chi connectivity index (χ3v) is 3.51. The smallest absolute Gasteiger partial charge is 0.193 e. The van der Waals surface area contributed by atoms with Crippen molar-refractivity contribution in [2.75, 3.05) is 23.7 Å². The maximum absolute atomic E-state index is 5.90. The van der Waals surface area contributed by atoms with Gasteiger partial charge >= 0.3 is 0 Å². The van der Waals surface area contributed by atoms with Crippen LogP contribution in [0.5, 0.6) is 0 Å². The van der Waals surface area contributed by atoms with Gasteiger partial charge in [0.15, 0.2) is 11.6 Å². The second-order valence-electron chi connectivity index (χ2n) is 5.42. The van der Waals surface area contributed by atoms with E-state index in [0.717, 1.165) is 22.5 Å². The minimum absolute atomic E-state index is 0.386. The molecule has 0 bridgehead atoms. The first kappa shape index (κ1) is 15.7.